The van der Waals surface area contributed by atoms with E-state index in [0.29, 0.717) is 0 Å². The van der Waals surface area contributed by atoms with Crippen LogP contribution in [0.5, 0.6) is 0 Å². The summed E-state index contributed by atoms with van der Waals surface area (Å²) in [4.78, 5) is 0. The van der Waals surface area contributed by atoms with E-state index in [2.05, 4.69) is 10.6 Å². The maximum atomic E-state index is 12.0. The van der Waals surface area contributed by atoms with Crippen molar-refractivity contribution in [3.63, 3.8) is 0 Å². The van der Waals surface area contributed by atoms with Crippen molar-refractivity contribution < 1.29 is 218 Å². The molecule has 23 saturated heterocycles. The molecule has 29 N–H and O–H groups in total. The van der Waals surface area contributed by atoms with Crippen LogP contribution in [0, 0.1) is 0 Å². The highest BCUT2D eigenvalue weighted by molar-refractivity contribution is 7.80. The Labute approximate surface area is 580 Å². The topological polar surface area (TPSA) is 727 Å². The number of nitrogens with one attached hydrogen (secondary N) is 2. The molecule has 0 spiro atoms. The number of thiocarbonyl (C=S) groups is 1. The van der Waals surface area contributed by atoms with E-state index in [1.165, 1.54) is 0 Å². The van der Waals surface area contributed by atoms with Crippen LogP contribution in [0.2, 0.25) is 0 Å². The molecule has 23 rings (SSSR count). The lowest BCUT2D eigenvalue weighted by Crippen LogP contribution is -2.69. The van der Waals surface area contributed by atoms with Crippen LogP contribution >= 0.6 is 12.2 Å². The van der Waals surface area contributed by atoms with Crippen LogP contribution in [0.25, 0.3) is 0 Å². The van der Waals surface area contributed by atoms with Gasteiger partial charge in [-0.05, 0) is 12.2 Å². The molecule has 23 fully saturated rings. The molecule has 46 nitrogen and oxygen atoms in total. The van der Waals surface area contributed by atoms with Crippen molar-refractivity contribution in [3.05, 3.63) is 0 Å². The zero-order valence-electron chi connectivity index (χ0n) is 53.3. The van der Waals surface area contributed by atoms with Gasteiger partial charge in [0.1, 0.15) is 220 Å². The lowest BCUT2D eigenvalue weighted by Gasteiger charge is -2.50. The van der Waals surface area contributed by atoms with Gasteiger partial charge in [-0.1, -0.05) is 0 Å². The minimum absolute atomic E-state index is 0.536. The summed E-state index contributed by atoms with van der Waals surface area (Å²) in [5.41, 5.74) is 0. The normalized spacial score (nSPS) is 53.7. The second-order valence-corrected chi connectivity index (χ2v) is 26.3. The van der Waals surface area contributed by atoms with Crippen LogP contribution in [-0.2, 0) is 80.5 Å². The third-order valence-corrected chi connectivity index (χ3v) is 19.6. The Balaban J connectivity index is 0.917. The first-order valence-corrected chi connectivity index (χ1v) is 32.9. The highest BCUT2D eigenvalue weighted by atomic mass is 32.1. The van der Waals surface area contributed by atoms with Crippen molar-refractivity contribution >= 4 is 17.3 Å². The summed E-state index contributed by atoms with van der Waals surface area (Å²) in [5.74, 6) is 0. The summed E-state index contributed by atoms with van der Waals surface area (Å²) in [7, 11) is 0. The van der Waals surface area contributed by atoms with Gasteiger partial charge in [-0.3, -0.25) is 0 Å². The van der Waals surface area contributed by atoms with Gasteiger partial charge in [-0.25, -0.2) is 0 Å². The summed E-state index contributed by atoms with van der Waals surface area (Å²) in [6.07, 6.45) is -92.3. The first-order chi connectivity index (χ1) is 48.5. The van der Waals surface area contributed by atoms with E-state index in [4.69, 9.17) is 92.7 Å². The van der Waals surface area contributed by atoms with Crippen molar-refractivity contribution in [3.8, 4) is 0 Å². The molecule has 0 amide bonds. The van der Waals surface area contributed by atoms with Gasteiger partial charge in [-0.15, -0.1) is 0 Å². The molecule has 0 aliphatic carbocycles. The summed E-state index contributed by atoms with van der Waals surface area (Å²) in [6.45, 7) is -9.36. The molecular formula is C55H92N2O44S. The number of rotatable bonds is 13. The number of hydrogen-bond donors (Lipinski definition) is 29. The molecule has 0 unspecified atom stereocenters. The van der Waals surface area contributed by atoms with E-state index in [1.807, 2.05) is 0 Å². The zero-order valence-corrected chi connectivity index (χ0v) is 54.1. The van der Waals surface area contributed by atoms with Crippen LogP contribution in [0.15, 0.2) is 0 Å². The van der Waals surface area contributed by atoms with Crippen molar-refractivity contribution in [2.75, 3.05) is 59.4 Å². The molecule has 0 aromatic carbocycles. The highest BCUT2D eigenvalue weighted by Crippen LogP contribution is 2.40. The van der Waals surface area contributed by atoms with Gasteiger partial charge >= 0.3 is 0 Å². The summed E-state index contributed by atoms with van der Waals surface area (Å²) in [5, 5.41) is 304. The van der Waals surface area contributed by atoms with Crippen LogP contribution in [0.4, 0.5) is 0 Å². The van der Waals surface area contributed by atoms with Gasteiger partial charge in [0.25, 0.3) is 0 Å². The summed E-state index contributed by atoms with van der Waals surface area (Å²) in [6, 6.07) is 0. The summed E-state index contributed by atoms with van der Waals surface area (Å²) >= 11 is 5.46. The molecule has 0 saturated carbocycles. The fourth-order valence-corrected chi connectivity index (χ4v) is 13.7. The molecule has 0 aromatic rings. The maximum absolute atomic E-state index is 12.0. The molecule has 23 heterocycles. The number of aliphatic hydroxyl groups is 27. The lowest BCUT2D eigenvalue weighted by molar-refractivity contribution is -0.396. The monoisotopic (exact) mass is 1520 g/mol. The molecular weight excluding hydrogens is 1420 g/mol. The molecule has 0 aromatic heterocycles. The molecule has 23 aliphatic heterocycles. The van der Waals surface area contributed by atoms with Crippen LogP contribution in [0.1, 0.15) is 0 Å². The smallest absolute Gasteiger partial charge is 0.187 e. The van der Waals surface area contributed by atoms with Gasteiger partial charge in [0.15, 0.2) is 61.7 Å². The molecule has 14 bridgehead atoms. The third-order valence-electron chi connectivity index (χ3n) is 19.3. The Morgan fingerprint density at radius 3 is 0.765 bits per heavy atom. The van der Waals surface area contributed by atoms with Gasteiger partial charge in [0.2, 0.25) is 0 Å². The fraction of sp³-hybridized carbons (Fsp3) is 0.982. The van der Waals surface area contributed by atoms with Gasteiger partial charge in [0.05, 0.1) is 52.9 Å². The molecule has 23 aliphatic rings. The molecule has 47 heteroatoms. The second kappa shape index (κ2) is 35.3. The second-order valence-electron chi connectivity index (χ2n) is 25.9. The SMILES string of the molecule is OC[C@H]1O[C@@H](O[C@H]2[C@H](O)[C@@H](O)[C@H](NC(=S)NC[C@H]3O[C@@H]4O[C@H]5[C@H](O)[C@@H](O)[C@@H](O[C@H]6[C@H](O)[C@@H](O)[C@@H](O[C@H]7[C@H](O)[C@@H](O)[C@@H](O[C@H]8[C@H](O)[C@@H](O)[C@@H](O[C@H]9[C@H](O)[C@@H](O)[C@@H](O[C@H]%10[C@H](O)[C@@H](O)[C@@H](O[C@H]3[C@H](O)[C@H]4O)O[C@@H]%10CO)O[C@@H]9CO)O[C@@H]8CO)O[C@@H]7CO)O[C@@H]6CO)O[C@@H]5CO)O[C@@H]2CO)[C@H](O)[C@@H](O)[C@H]1O. The average molecular weight is 1520 g/mol. The highest BCUT2D eigenvalue weighted by Gasteiger charge is 2.61. The molecule has 0 radical (unpaired) electrons. The predicted molar refractivity (Wildman–Crippen MR) is 311 cm³/mol. The largest absolute Gasteiger partial charge is 0.394 e. The number of ether oxygens (including phenoxy) is 17. The lowest BCUT2D eigenvalue weighted by atomic mass is 9.95. The van der Waals surface area contributed by atoms with Crippen molar-refractivity contribution in [2.24, 2.45) is 0 Å². The fourth-order valence-electron chi connectivity index (χ4n) is 13.5. The Bertz CT molecular complexity index is 2600. The van der Waals surface area contributed by atoms with Gasteiger partial charge < -0.3 is 229 Å². The van der Waals surface area contributed by atoms with Gasteiger partial charge in [0, 0.05) is 6.54 Å². The summed E-state index contributed by atoms with van der Waals surface area (Å²) < 4.78 is 97.9. The molecule has 102 heavy (non-hydrogen) atoms. The third kappa shape index (κ3) is 16.7. The standard InChI is InChI=1S/C55H92N2O44S/c58-2-11-19(66)20(67)30(77)47(87-11)95-39-12(3-59)85-46(29(76)21(39)68)57-55(102)56-1-10-38-22(69)31(78)48(86-10)96-40-13(4-60)89-50(33(80)24(40)71)98-42-15(6-62)91-52(35(82)26(42)73)100-44-17(8-64)93-54(37(84)28(44)75)101-45-18(9-65)92-53(36(83)27(45)74)99-43-16(7-63)90-51(34(81)25(43)72)97-41-14(5-61)88-49(94-38)32(79)23(41)70/h10-54,58-84H,1-9H2,(H2,56,57,102)/t10-,11-,12-,13-,14-,15-,16-,17-,18-,19+,20+,21-,22-,23-,24-,25-,26-,27-,28-,29-,30-,31-,32-,33-,34-,35-,36-,37-,38-,39-,40-,41-,42-,43-,44-,45-,46-,47+,48-,49-,50-,51-,52-,53-,54-/m1/s1. The maximum Gasteiger partial charge on any atom is 0.187 e. The minimum atomic E-state index is -2.38. The van der Waals surface area contributed by atoms with E-state index in [1.54, 1.807) is 0 Å². The van der Waals surface area contributed by atoms with E-state index < -0.39 is 341 Å². The Morgan fingerprint density at radius 2 is 0.500 bits per heavy atom. The first kappa shape index (κ1) is 82.4. The number of aliphatic hydroxyl groups excluding tert-OH is 27. The zero-order chi connectivity index (χ0) is 74.4. The Morgan fingerprint density at radius 1 is 0.245 bits per heavy atom. The molecule has 45 atom stereocenters. The van der Waals surface area contributed by atoms with E-state index in [-0.39, 0.29) is 0 Å². The molecule has 592 valence electrons. The minimum Gasteiger partial charge on any atom is -0.394 e. The van der Waals surface area contributed by atoms with Crippen molar-refractivity contribution in [2.45, 2.75) is 276 Å². The van der Waals surface area contributed by atoms with Crippen molar-refractivity contribution in [1.82, 2.24) is 10.6 Å². The van der Waals surface area contributed by atoms with Crippen LogP contribution in [0.3, 0.4) is 0 Å². The quantitative estimate of drug-likeness (QED) is 0.0762. The first-order valence-electron chi connectivity index (χ1n) is 32.5. The Hall–Kier alpha value is -2.07. The van der Waals surface area contributed by atoms with Crippen molar-refractivity contribution in [1.29, 1.82) is 0 Å². The van der Waals surface area contributed by atoms with Gasteiger partial charge in [-0.2, -0.15) is 0 Å². The predicted octanol–water partition coefficient (Wildman–Crippen LogP) is -20.1. The van der Waals surface area contributed by atoms with Crippen LogP contribution < -0.4 is 10.6 Å². The van der Waals surface area contributed by atoms with E-state index >= 15 is 0 Å². The van der Waals surface area contributed by atoms with E-state index in [9.17, 15) is 138 Å². The average Bonchev–Trinajstić information content (AvgIpc) is 0.778. The van der Waals surface area contributed by atoms with Crippen LogP contribution in [-0.4, -0.2) is 479 Å². The Kier molecular flexibility index (Phi) is 28.5. The van der Waals surface area contributed by atoms with E-state index in [0.717, 1.165) is 0 Å². The number of hydrogen-bond acceptors (Lipinski definition) is 45.